The Bertz CT molecular complexity index is 444. The number of nitrogens with two attached hydrogens (primary N) is 1. The normalized spacial score (nSPS) is 10.0. The molecule has 5 heteroatoms. The van der Waals surface area contributed by atoms with E-state index >= 15 is 0 Å². The predicted octanol–water partition coefficient (Wildman–Crippen LogP) is 2.07. The summed E-state index contributed by atoms with van der Waals surface area (Å²) in [6.45, 7) is 6.79. The van der Waals surface area contributed by atoms with Crippen molar-refractivity contribution in [1.82, 2.24) is 0 Å². The maximum absolute atomic E-state index is 8.61. The van der Waals surface area contributed by atoms with Gasteiger partial charge in [-0.25, -0.2) is 0 Å². The summed E-state index contributed by atoms with van der Waals surface area (Å²) in [5.74, 6) is 1.40. The van der Waals surface area contributed by atoms with Crippen LogP contribution >= 0.6 is 22.6 Å². The highest BCUT2D eigenvalue weighted by molar-refractivity contribution is 14.1. The molecule has 1 rings (SSSR count). The van der Waals surface area contributed by atoms with Crippen molar-refractivity contribution in [3.8, 4) is 17.6 Å². The zero-order chi connectivity index (χ0) is 14.1. The van der Waals surface area contributed by atoms with Gasteiger partial charge >= 0.3 is 0 Å². The molecule has 0 amide bonds. The Balaban J connectivity index is 2.89. The Kier molecular flexibility index (Phi) is 7.60. The number of hydrogen-bond acceptors (Lipinski definition) is 3. The minimum Gasteiger partial charge on any atom is -0.490 e. The second kappa shape index (κ2) is 8.99. The van der Waals surface area contributed by atoms with Gasteiger partial charge in [-0.15, -0.1) is 0 Å². The fraction of sp³-hybridized carbons (Fsp3) is 0.500. The molecule has 0 spiro atoms. The van der Waals surface area contributed by atoms with Crippen molar-refractivity contribution in [3.63, 3.8) is 0 Å². The summed E-state index contributed by atoms with van der Waals surface area (Å²) >= 11 is 2.22. The van der Waals surface area contributed by atoms with E-state index in [4.69, 9.17) is 14.7 Å². The Labute approximate surface area is 128 Å². The van der Waals surface area contributed by atoms with Gasteiger partial charge in [0.25, 0.3) is 0 Å². The highest BCUT2D eigenvalue weighted by atomic mass is 127. The molecular weight excluding hydrogens is 355 g/mol. The van der Waals surface area contributed by atoms with Gasteiger partial charge in [-0.05, 0) is 48.1 Å². The van der Waals surface area contributed by atoms with E-state index in [0.717, 1.165) is 22.4 Å². The van der Waals surface area contributed by atoms with E-state index in [-0.39, 0.29) is 6.61 Å². The molecule has 19 heavy (non-hydrogen) atoms. The quantitative estimate of drug-likeness (QED) is 0.559. The largest absolute Gasteiger partial charge is 0.490 e. The molecule has 0 aromatic heterocycles. The first-order valence-corrected chi connectivity index (χ1v) is 7.57. The molecule has 4 nitrogen and oxygen atoms in total. The Hall–Kier alpha value is -1.00. The molecular formula is C14H20IN2O2+. The van der Waals surface area contributed by atoms with Gasteiger partial charge < -0.3 is 14.8 Å². The Morgan fingerprint density at radius 3 is 2.74 bits per heavy atom. The minimum absolute atomic E-state index is 0.0391. The van der Waals surface area contributed by atoms with Crippen LogP contribution in [0.2, 0.25) is 0 Å². The third kappa shape index (κ3) is 5.25. The number of nitrogens with zero attached hydrogens (tertiary/aromatic N) is 1. The standard InChI is InChI=1S/C14H19IN2O2/c1-3-6-17-10-11-8-12(15)14(19-7-5-16)13(9-11)18-4-2/h8-9,17H,3-4,6-7,10H2,1-2H3/p+1. The zero-order valence-electron chi connectivity index (χ0n) is 11.4. The van der Waals surface area contributed by atoms with Gasteiger partial charge in [-0.2, -0.15) is 5.26 Å². The van der Waals surface area contributed by atoms with Crippen molar-refractivity contribution in [2.45, 2.75) is 26.8 Å². The van der Waals surface area contributed by atoms with Crippen LogP contribution in [0, 0.1) is 14.9 Å². The molecule has 104 valence electrons. The molecule has 0 saturated heterocycles. The Morgan fingerprint density at radius 2 is 2.11 bits per heavy atom. The SMILES string of the molecule is CCC[NH2+]Cc1cc(I)c(OCC#N)c(OCC)c1. The molecule has 0 unspecified atom stereocenters. The first-order chi connectivity index (χ1) is 9.22. The van der Waals surface area contributed by atoms with Crippen LogP contribution < -0.4 is 14.8 Å². The smallest absolute Gasteiger partial charge is 0.176 e. The minimum atomic E-state index is 0.0391. The molecule has 1 aromatic carbocycles. The number of quaternary nitrogens is 1. The Morgan fingerprint density at radius 1 is 1.32 bits per heavy atom. The van der Waals surface area contributed by atoms with Crippen molar-refractivity contribution in [1.29, 1.82) is 5.26 Å². The maximum Gasteiger partial charge on any atom is 0.176 e. The molecule has 0 fully saturated rings. The van der Waals surface area contributed by atoms with E-state index < -0.39 is 0 Å². The number of hydrogen-bond donors (Lipinski definition) is 1. The molecule has 0 heterocycles. The molecule has 1 aromatic rings. The topological polar surface area (TPSA) is 58.9 Å². The van der Waals surface area contributed by atoms with Crippen LogP contribution in [0.4, 0.5) is 0 Å². The van der Waals surface area contributed by atoms with Crippen LogP contribution in [-0.2, 0) is 6.54 Å². The number of halogens is 1. The third-order valence-corrected chi connectivity index (χ3v) is 3.32. The molecule has 0 aliphatic rings. The summed E-state index contributed by atoms with van der Waals surface area (Å²) in [5, 5.41) is 10.9. The fourth-order valence-corrected chi connectivity index (χ4v) is 2.54. The van der Waals surface area contributed by atoms with Crippen molar-refractivity contribution >= 4 is 22.6 Å². The average molecular weight is 375 g/mol. The van der Waals surface area contributed by atoms with Gasteiger partial charge in [-0.3, -0.25) is 0 Å². The second-order valence-electron chi connectivity index (χ2n) is 4.07. The average Bonchev–Trinajstić information content (AvgIpc) is 2.38. The summed E-state index contributed by atoms with van der Waals surface area (Å²) in [6, 6.07) is 6.07. The molecule has 0 aliphatic carbocycles. The lowest BCUT2D eigenvalue weighted by molar-refractivity contribution is -0.670. The number of rotatable bonds is 8. The monoisotopic (exact) mass is 375 g/mol. The van der Waals surface area contributed by atoms with Gasteiger partial charge in [0, 0.05) is 5.56 Å². The fourth-order valence-electron chi connectivity index (χ4n) is 1.72. The van der Waals surface area contributed by atoms with Crippen molar-refractivity contribution in [3.05, 3.63) is 21.3 Å². The van der Waals surface area contributed by atoms with E-state index in [9.17, 15) is 0 Å². The van der Waals surface area contributed by atoms with E-state index in [1.54, 1.807) is 0 Å². The number of ether oxygens (including phenoxy) is 2. The van der Waals surface area contributed by atoms with Crippen LogP contribution in [0.15, 0.2) is 12.1 Å². The zero-order valence-corrected chi connectivity index (χ0v) is 13.6. The lowest BCUT2D eigenvalue weighted by atomic mass is 10.2. The highest BCUT2D eigenvalue weighted by Crippen LogP contribution is 2.34. The van der Waals surface area contributed by atoms with Crippen LogP contribution in [-0.4, -0.2) is 19.8 Å². The van der Waals surface area contributed by atoms with Crippen LogP contribution in [0.1, 0.15) is 25.8 Å². The second-order valence-corrected chi connectivity index (χ2v) is 5.23. The molecule has 2 N–H and O–H groups in total. The van der Waals surface area contributed by atoms with E-state index in [1.807, 2.05) is 19.1 Å². The van der Waals surface area contributed by atoms with Crippen LogP contribution in [0.3, 0.4) is 0 Å². The van der Waals surface area contributed by atoms with Gasteiger partial charge in [0.05, 0.1) is 16.7 Å². The molecule has 0 aliphatic heterocycles. The number of nitriles is 1. The van der Waals surface area contributed by atoms with Crippen molar-refractivity contribution in [2.24, 2.45) is 0 Å². The first kappa shape index (κ1) is 16.1. The predicted molar refractivity (Wildman–Crippen MR) is 82.2 cm³/mol. The first-order valence-electron chi connectivity index (χ1n) is 6.49. The third-order valence-electron chi connectivity index (χ3n) is 2.52. The summed E-state index contributed by atoms with van der Waals surface area (Å²) in [7, 11) is 0. The van der Waals surface area contributed by atoms with Gasteiger partial charge in [0.2, 0.25) is 0 Å². The molecule has 0 atom stereocenters. The lowest BCUT2D eigenvalue weighted by Gasteiger charge is -2.13. The van der Waals surface area contributed by atoms with Crippen LogP contribution in [0.5, 0.6) is 11.5 Å². The van der Waals surface area contributed by atoms with Gasteiger partial charge in [-0.1, -0.05) is 6.92 Å². The summed E-state index contributed by atoms with van der Waals surface area (Å²) < 4.78 is 12.0. The van der Waals surface area contributed by atoms with Crippen molar-refractivity contribution in [2.75, 3.05) is 19.8 Å². The summed E-state index contributed by atoms with van der Waals surface area (Å²) in [4.78, 5) is 0. The maximum atomic E-state index is 8.61. The van der Waals surface area contributed by atoms with Crippen molar-refractivity contribution < 1.29 is 14.8 Å². The van der Waals surface area contributed by atoms with Gasteiger partial charge in [0.1, 0.15) is 12.6 Å². The molecule has 0 bridgehead atoms. The summed E-state index contributed by atoms with van der Waals surface area (Å²) in [6.07, 6.45) is 1.17. The summed E-state index contributed by atoms with van der Waals surface area (Å²) in [5.41, 5.74) is 1.21. The van der Waals surface area contributed by atoms with E-state index in [2.05, 4.69) is 40.9 Å². The number of benzene rings is 1. The molecule has 0 radical (unpaired) electrons. The highest BCUT2D eigenvalue weighted by Gasteiger charge is 2.12. The van der Waals surface area contributed by atoms with E-state index in [1.165, 1.54) is 12.0 Å². The molecule has 0 saturated carbocycles. The lowest BCUT2D eigenvalue weighted by Crippen LogP contribution is -2.82. The van der Waals surface area contributed by atoms with E-state index in [0.29, 0.717) is 12.4 Å². The van der Waals surface area contributed by atoms with Crippen LogP contribution in [0.25, 0.3) is 0 Å². The van der Waals surface area contributed by atoms with Gasteiger partial charge in [0.15, 0.2) is 18.1 Å².